The van der Waals surface area contributed by atoms with Gasteiger partial charge in [-0.2, -0.15) is 0 Å². The number of para-hydroxylation sites is 1. The lowest BCUT2D eigenvalue weighted by atomic mass is 9.96. The first-order valence-electron chi connectivity index (χ1n) is 10.2. The van der Waals surface area contributed by atoms with Crippen LogP contribution < -0.4 is 10.6 Å². The number of hydrogen-bond acceptors (Lipinski definition) is 2. The molecular weight excluding hydrogens is 350 g/mol. The standard InChI is InChI=1S/C23H29N3S/c1-2-18-10-6-7-11-22(18)25-23(27)24-19-14-20-12-13-21(15-19)26(20)16-17-8-4-3-5-9-17/h3-11,19-21H,2,12-16H2,1H3,(H2,24,25,27)/t19?,20-,21+. The lowest BCUT2D eigenvalue weighted by Crippen LogP contribution is -2.50. The molecule has 2 heterocycles. The van der Waals surface area contributed by atoms with Gasteiger partial charge in [-0.15, -0.1) is 0 Å². The van der Waals surface area contributed by atoms with Crippen molar-refractivity contribution in [2.75, 3.05) is 5.32 Å². The topological polar surface area (TPSA) is 27.3 Å². The number of aryl methyl sites for hydroxylation is 1. The molecule has 0 radical (unpaired) electrons. The third-order valence-electron chi connectivity index (χ3n) is 6.07. The monoisotopic (exact) mass is 379 g/mol. The van der Waals surface area contributed by atoms with Crippen molar-refractivity contribution < 1.29 is 0 Å². The zero-order valence-electron chi connectivity index (χ0n) is 16.0. The van der Waals surface area contributed by atoms with Gasteiger partial charge in [0.15, 0.2) is 5.11 Å². The number of thiocarbonyl (C=S) groups is 1. The van der Waals surface area contributed by atoms with Crippen molar-refractivity contribution in [1.82, 2.24) is 10.2 Å². The van der Waals surface area contributed by atoms with Gasteiger partial charge >= 0.3 is 0 Å². The molecule has 4 heteroatoms. The average molecular weight is 380 g/mol. The van der Waals surface area contributed by atoms with E-state index < -0.39 is 0 Å². The number of piperidine rings is 1. The molecule has 1 unspecified atom stereocenters. The highest BCUT2D eigenvalue weighted by Gasteiger charge is 2.40. The molecule has 0 spiro atoms. The zero-order chi connectivity index (χ0) is 18.6. The van der Waals surface area contributed by atoms with Crippen LogP contribution in [0.25, 0.3) is 0 Å². The highest BCUT2D eigenvalue weighted by molar-refractivity contribution is 7.80. The Labute approximate surface area is 168 Å². The molecule has 0 saturated carbocycles. The summed E-state index contributed by atoms with van der Waals surface area (Å²) < 4.78 is 0. The van der Waals surface area contributed by atoms with Crippen molar-refractivity contribution in [3.63, 3.8) is 0 Å². The van der Waals surface area contributed by atoms with Gasteiger partial charge in [-0.3, -0.25) is 4.90 Å². The van der Waals surface area contributed by atoms with Crippen LogP contribution >= 0.6 is 12.2 Å². The van der Waals surface area contributed by atoms with Crippen LogP contribution in [0.3, 0.4) is 0 Å². The molecule has 2 aliphatic heterocycles. The van der Waals surface area contributed by atoms with E-state index in [0.29, 0.717) is 18.1 Å². The molecule has 0 aromatic heterocycles. The van der Waals surface area contributed by atoms with Crippen molar-refractivity contribution in [3.05, 3.63) is 65.7 Å². The summed E-state index contributed by atoms with van der Waals surface area (Å²) in [5, 5.41) is 7.78. The molecule has 2 bridgehead atoms. The van der Waals surface area contributed by atoms with Crippen LogP contribution in [0.4, 0.5) is 5.69 Å². The van der Waals surface area contributed by atoms with Gasteiger partial charge in [-0.25, -0.2) is 0 Å². The Balaban J connectivity index is 1.34. The highest BCUT2D eigenvalue weighted by atomic mass is 32.1. The van der Waals surface area contributed by atoms with Crippen LogP contribution in [-0.4, -0.2) is 28.1 Å². The van der Waals surface area contributed by atoms with E-state index in [1.165, 1.54) is 36.8 Å². The SMILES string of the molecule is CCc1ccccc1NC(=S)NC1C[C@H]2CC[C@@H](C1)N2Cc1ccccc1. The van der Waals surface area contributed by atoms with E-state index in [2.05, 4.69) is 77.1 Å². The van der Waals surface area contributed by atoms with Crippen LogP contribution in [0.1, 0.15) is 43.7 Å². The first-order valence-corrected chi connectivity index (χ1v) is 10.6. The van der Waals surface area contributed by atoms with E-state index >= 15 is 0 Å². The molecule has 2 saturated heterocycles. The molecular formula is C23H29N3S. The van der Waals surface area contributed by atoms with Gasteiger partial charge in [0, 0.05) is 30.4 Å². The molecule has 2 aromatic carbocycles. The zero-order valence-corrected chi connectivity index (χ0v) is 16.8. The lowest BCUT2D eigenvalue weighted by Gasteiger charge is -2.39. The number of hydrogen-bond donors (Lipinski definition) is 2. The summed E-state index contributed by atoms with van der Waals surface area (Å²) in [4.78, 5) is 2.72. The van der Waals surface area contributed by atoms with Crippen molar-refractivity contribution in [2.45, 2.75) is 63.7 Å². The Kier molecular flexibility index (Phi) is 5.74. The van der Waals surface area contributed by atoms with Crippen LogP contribution in [0.2, 0.25) is 0 Å². The lowest BCUT2D eigenvalue weighted by molar-refractivity contribution is 0.115. The third-order valence-corrected chi connectivity index (χ3v) is 6.29. The Morgan fingerprint density at radius 2 is 1.67 bits per heavy atom. The predicted molar refractivity (Wildman–Crippen MR) is 117 cm³/mol. The summed E-state index contributed by atoms with van der Waals surface area (Å²) in [6.45, 7) is 3.26. The largest absolute Gasteiger partial charge is 0.360 e. The maximum absolute atomic E-state index is 5.62. The molecule has 3 atom stereocenters. The van der Waals surface area contributed by atoms with E-state index in [9.17, 15) is 0 Å². The predicted octanol–water partition coefficient (Wildman–Crippen LogP) is 4.73. The van der Waals surface area contributed by atoms with Crippen LogP contribution in [0, 0.1) is 0 Å². The fraction of sp³-hybridized carbons (Fsp3) is 0.435. The van der Waals surface area contributed by atoms with Crippen LogP contribution in [0.15, 0.2) is 54.6 Å². The maximum Gasteiger partial charge on any atom is 0.171 e. The summed E-state index contributed by atoms with van der Waals surface area (Å²) in [5.74, 6) is 0. The van der Waals surface area contributed by atoms with Crippen molar-refractivity contribution in [3.8, 4) is 0 Å². The number of rotatable bonds is 5. The number of nitrogens with zero attached hydrogens (tertiary/aromatic N) is 1. The van der Waals surface area contributed by atoms with Gasteiger partial charge < -0.3 is 10.6 Å². The molecule has 27 heavy (non-hydrogen) atoms. The summed E-state index contributed by atoms with van der Waals surface area (Å²) >= 11 is 5.62. The summed E-state index contributed by atoms with van der Waals surface area (Å²) in [7, 11) is 0. The summed E-state index contributed by atoms with van der Waals surface area (Å²) in [6.07, 6.45) is 6.00. The van der Waals surface area contributed by atoms with Gasteiger partial charge in [0.1, 0.15) is 0 Å². The molecule has 3 nitrogen and oxygen atoms in total. The molecule has 2 aromatic rings. The first-order chi connectivity index (χ1) is 13.2. The van der Waals surface area contributed by atoms with E-state index in [-0.39, 0.29) is 0 Å². The molecule has 0 aliphatic carbocycles. The van der Waals surface area contributed by atoms with Gasteiger partial charge in [0.25, 0.3) is 0 Å². The minimum absolute atomic E-state index is 0.475. The minimum atomic E-state index is 0.475. The maximum atomic E-state index is 5.62. The second-order valence-electron chi connectivity index (χ2n) is 7.82. The molecule has 2 fully saturated rings. The molecule has 2 aliphatic rings. The molecule has 4 rings (SSSR count). The second kappa shape index (κ2) is 8.41. The summed E-state index contributed by atoms with van der Waals surface area (Å²) in [6, 6.07) is 21.1. The Morgan fingerprint density at radius 3 is 2.37 bits per heavy atom. The fourth-order valence-electron chi connectivity index (χ4n) is 4.74. The Hall–Kier alpha value is -1.91. The second-order valence-corrected chi connectivity index (χ2v) is 8.23. The Morgan fingerprint density at radius 1 is 1.00 bits per heavy atom. The highest BCUT2D eigenvalue weighted by Crippen LogP contribution is 2.36. The van der Waals surface area contributed by atoms with Crippen LogP contribution in [-0.2, 0) is 13.0 Å². The van der Waals surface area contributed by atoms with Crippen molar-refractivity contribution in [2.24, 2.45) is 0 Å². The number of anilines is 1. The average Bonchev–Trinajstić information content (AvgIpc) is 2.91. The summed E-state index contributed by atoms with van der Waals surface area (Å²) in [5.41, 5.74) is 3.86. The number of nitrogens with one attached hydrogen (secondary N) is 2. The molecule has 0 amide bonds. The van der Waals surface area contributed by atoms with Crippen molar-refractivity contribution in [1.29, 1.82) is 0 Å². The van der Waals surface area contributed by atoms with E-state index in [0.717, 1.165) is 23.8 Å². The van der Waals surface area contributed by atoms with E-state index in [1.807, 2.05) is 0 Å². The first kappa shape index (κ1) is 18.5. The Bertz CT molecular complexity index is 762. The minimum Gasteiger partial charge on any atom is -0.360 e. The van der Waals surface area contributed by atoms with Crippen molar-refractivity contribution >= 4 is 23.0 Å². The normalized spacial score (nSPS) is 24.6. The smallest absolute Gasteiger partial charge is 0.171 e. The van der Waals surface area contributed by atoms with Crippen LogP contribution in [0.5, 0.6) is 0 Å². The number of fused-ring (bicyclic) bond motifs is 2. The van der Waals surface area contributed by atoms with Gasteiger partial charge in [-0.05, 0) is 61.5 Å². The molecule has 142 valence electrons. The van der Waals surface area contributed by atoms with E-state index in [4.69, 9.17) is 12.2 Å². The fourth-order valence-corrected chi connectivity index (χ4v) is 5.02. The van der Waals surface area contributed by atoms with Gasteiger partial charge in [0.2, 0.25) is 0 Å². The van der Waals surface area contributed by atoms with Gasteiger partial charge in [-0.1, -0.05) is 55.5 Å². The quantitative estimate of drug-likeness (QED) is 0.735. The number of benzene rings is 2. The molecule has 2 N–H and O–H groups in total. The van der Waals surface area contributed by atoms with Gasteiger partial charge in [0.05, 0.1) is 0 Å². The third kappa shape index (κ3) is 4.33. The van der Waals surface area contributed by atoms with E-state index in [1.54, 1.807) is 0 Å².